The molecule has 0 aliphatic heterocycles. The minimum atomic E-state index is -3.75. The molecule has 0 spiro atoms. The zero-order valence-corrected chi connectivity index (χ0v) is 22.2. The summed E-state index contributed by atoms with van der Waals surface area (Å²) in [4.78, 5) is 27.3. The van der Waals surface area contributed by atoms with Gasteiger partial charge in [0, 0.05) is 30.0 Å². The number of sulfonamides is 1. The molecule has 2 aromatic carbocycles. The number of carbonyl (C=O) groups is 2. The highest BCUT2D eigenvalue weighted by atomic mass is 79.9. The lowest BCUT2D eigenvalue weighted by molar-refractivity contribution is -0.140. The molecule has 0 radical (unpaired) electrons. The predicted molar refractivity (Wildman–Crippen MR) is 135 cm³/mol. The minimum Gasteiger partial charge on any atom is -0.352 e. The highest BCUT2D eigenvalue weighted by Gasteiger charge is 2.27. The Morgan fingerprint density at radius 3 is 2.24 bits per heavy atom. The molecule has 34 heavy (non-hydrogen) atoms. The smallest absolute Gasteiger partial charge is 0.242 e. The Balaban J connectivity index is 2.17. The van der Waals surface area contributed by atoms with Crippen LogP contribution in [0.1, 0.15) is 39.2 Å². The van der Waals surface area contributed by atoms with E-state index in [-0.39, 0.29) is 49.5 Å². The molecule has 0 heterocycles. The summed E-state index contributed by atoms with van der Waals surface area (Å²) in [5.41, 5.74) is 0.790. The summed E-state index contributed by atoms with van der Waals surface area (Å²) in [6, 6.07) is 12.2. The van der Waals surface area contributed by atoms with Crippen LogP contribution in [0.2, 0.25) is 0 Å². The standard InChI is InChI=1S/C24H31BrFN3O4S/c1-17(2)27-24(31)18(3)28(16-19-11-13-20(25)14-12-19)23(30)10-7-15-29(34(4,32)33)22-9-6-5-8-21(22)26/h5-6,8-9,11-14,17-18H,7,10,15-16H2,1-4H3,(H,27,31). The number of hydrogen-bond acceptors (Lipinski definition) is 4. The van der Waals surface area contributed by atoms with E-state index in [0.717, 1.165) is 20.6 Å². The molecule has 2 aromatic rings. The fraction of sp³-hybridized carbons (Fsp3) is 0.417. The quantitative estimate of drug-likeness (QED) is 0.452. The maximum atomic E-state index is 14.2. The summed E-state index contributed by atoms with van der Waals surface area (Å²) in [7, 11) is -3.75. The maximum absolute atomic E-state index is 14.2. The average Bonchev–Trinajstić information content (AvgIpc) is 2.75. The first-order valence-electron chi connectivity index (χ1n) is 11.0. The lowest BCUT2D eigenvalue weighted by Gasteiger charge is -2.30. The predicted octanol–water partition coefficient (Wildman–Crippen LogP) is 4.08. The second kappa shape index (κ2) is 12.3. The van der Waals surface area contributed by atoms with E-state index >= 15 is 0 Å². The summed E-state index contributed by atoms with van der Waals surface area (Å²) in [6.45, 7) is 5.50. The van der Waals surface area contributed by atoms with Crippen molar-refractivity contribution in [2.24, 2.45) is 0 Å². The molecule has 0 bridgehead atoms. The molecule has 0 aromatic heterocycles. The molecule has 0 saturated carbocycles. The molecule has 0 fully saturated rings. The van der Waals surface area contributed by atoms with Gasteiger partial charge in [0.25, 0.3) is 0 Å². The van der Waals surface area contributed by atoms with Gasteiger partial charge in [-0.15, -0.1) is 0 Å². The van der Waals surface area contributed by atoms with Gasteiger partial charge in [-0.05, 0) is 57.0 Å². The second-order valence-corrected chi connectivity index (χ2v) is 11.2. The van der Waals surface area contributed by atoms with Crippen molar-refractivity contribution in [1.82, 2.24) is 10.2 Å². The van der Waals surface area contributed by atoms with E-state index < -0.39 is 21.9 Å². The van der Waals surface area contributed by atoms with Gasteiger partial charge in [-0.2, -0.15) is 0 Å². The summed E-state index contributed by atoms with van der Waals surface area (Å²) < 4.78 is 40.6. The zero-order chi connectivity index (χ0) is 25.5. The molecule has 7 nitrogen and oxygen atoms in total. The molecule has 10 heteroatoms. The summed E-state index contributed by atoms with van der Waals surface area (Å²) in [6.07, 6.45) is 1.16. The van der Waals surface area contributed by atoms with Crippen molar-refractivity contribution in [3.63, 3.8) is 0 Å². The number of anilines is 1. The molecule has 0 saturated heterocycles. The Kier molecular flexibility index (Phi) is 10.1. The van der Waals surface area contributed by atoms with Crippen molar-refractivity contribution >= 4 is 43.5 Å². The Labute approximate surface area is 209 Å². The zero-order valence-electron chi connectivity index (χ0n) is 19.8. The number of nitrogens with one attached hydrogen (secondary N) is 1. The van der Waals surface area contributed by atoms with E-state index in [0.29, 0.717) is 0 Å². The van der Waals surface area contributed by atoms with E-state index in [9.17, 15) is 22.4 Å². The van der Waals surface area contributed by atoms with E-state index in [1.807, 2.05) is 38.1 Å². The molecule has 2 amide bonds. The summed E-state index contributed by atoms with van der Waals surface area (Å²) in [5, 5.41) is 2.83. The van der Waals surface area contributed by atoms with Crippen molar-refractivity contribution in [2.75, 3.05) is 17.1 Å². The van der Waals surface area contributed by atoms with E-state index in [1.54, 1.807) is 13.0 Å². The van der Waals surface area contributed by atoms with Crippen LogP contribution in [-0.4, -0.2) is 50.0 Å². The van der Waals surface area contributed by atoms with Crippen LogP contribution in [0.5, 0.6) is 0 Å². The number of nitrogens with zero attached hydrogens (tertiary/aromatic N) is 2. The maximum Gasteiger partial charge on any atom is 0.242 e. The van der Waals surface area contributed by atoms with Crippen molar-refractivity contribution in [3.05, 3.63) is 64.4 Å². The molecule has 2 rings (SSSR count). The van der Waals surface area contributed by atoms with Crippen LogP contribution in [0.3, 0.4) is 0 Å². The number of amides is 2. The SMILES string of the molecule is CC(C)NC(=O)C(C)N(Cc1ccc(Br)cc1)C(=O)CCCN(c1ccccc1F)S(C)(=O)=O. The number of benzene rings is 2. The van der Waals surface area contributed by atoms with Crippen LogP contribution in [0, 0.1) is 5.82 Å². The number of para-hydroxylation sites is 1. The Morgan fingerprint density at radius 2 is 1.68 bits per heavy atom. The van der Waals surface area contributed by atoms with Crippen molar-refractivity contribution < 1.29 is 22.4 Å². The number of rotatable bonds is 11. The van der Waals surface area contributed by atoms with Crippen molar-refractivity contribution in [1.29, 1.82) is 0 Å². The normalized spacial score (nSPS) is 12.3. The van der Waals surface area contributed by atoms with Gasteiger partial charge in [-0.25, -0.2) is 12.8 Å². The van der Waals surface area contributed by atoms with Crippen molar-refractivity contribution in [2.45, 2.75) is 52.2 Å². The first-order valence-corrected chi connectivity index (χ1v) is 13.6. The van der Waals surface area contributed by atoms with Gasteiger partial charge in [0.1, 0.15) is 11.9 Å². The molecule has 0 aliphatic carbocycles. The third-order valence-electron chi connectivity index (χ3n) is 5.14. The molecule has 1 unspecified atom stereocenters. The van der Waals surface area contributed by atoms with Gasteiger partial charge < -0.3 is 10.2 Å². The van der Waals surface area contributed by atoms with Crippen LogP contribution in [0.15, 0.2) is 53.0 Å². The van der Waals surface area contributed by atoms with Crippen LogP contribution in [0.4, 0.5) is 10.1 Å². The van der Waals surface area contributed by atoms with E-state index in [1.165, 1.54) is 23.1 Å². The molecule has 186 valence electrons. The fourth-order valence-electron chi connectivity index (χ4n) is 3.41. The van der Waals surface area contributed by atoms with Crippen LogP contribution in [-0.2, 0) is 26.2 Å². The van der Waals surface area contributed by atoms with Crippen LogP contribution >= 0.6 is 15.9 Å². The van der Waals surface area contributed by atoms with Gasteiger partial charge >= 0.3 is 0 Å². The van der Waals surface area contributed by atoms with Gasteiger partial charge in [0.15, 0.2) is 0 Å². The van der Waals surface area contributed by atoms with Crippen LogP contribution in [0.25, 0.3) is 0 Å². The average molecular weight is 556 g/mol. The third-order valence-corrected chi connectivity index (χ3v) is 6.85. The largest absolute Gasteiger partial charge is 0.352 e. The molecule has 0 aliphatic rings. The fourth-order valence-corrected chi connectivity index (χ4v) is 4.64. The van der Waals surface area contributed by atoms with Gasteiger partial charge in [0.05, 0.1) is 11.9 Å². The first kappa shape index (κ1) is 27.8. The molecule has 1 atom stereocenters. The molecular formula is C24H31BrFN3O4S. The molecule has 1 N–H and O–H groups in total. The number of carbonyl (C=O) groups excluding carboxylic acids is 2. The van der Waals surface area contributed by atoms with E-state index in [4.69, 9.17) is 0 Å². The Bertz CT molecular complexity index is 1090. The third kappa shape index (κ3) is 8.09. The van der Waals surface area contributed by atoms with Gasteiger partial charge in [0.2, 0.25) is 21.8 Å². The second-order valence-electron chi connectivity index (χ2n) is 8.38. The first-order chi connectivity index (χ1) is 15.9. The monoisotopic (exact) mass is 555 g/mol. The highest BCUT2D eigenvalue weighted by molar-refractivity contribution is 9.10. The lowest BCUT2D eigenvalue weighted by atomic mass is 10.1. The topological polar surface area (TPSA) is 86.8 Å². The van der Waals surface area contributed by atoms with Gasteiger partial charge in [-0.3, -0.25) is 13.9 Å². The highest BCUT2D eigenvalue weighted by Crippen LogP contribution is 2.22. The number of halogens is 2. The Morgan fingerprint density at radius 1 is 1.06 bits per heavy atom. The van der Waals surface area contributed by atoms with Gasteiger partial charge in [-0.1, -0.05) is 40.2 Å². The van der Waals surface area contributed by atoms with Crippen molar-refractivity contribution in [3.8, 4) is 0 Å². The lowest BCUT2D eigenvalue weighted by Crippen LogP contribution is -2.49. The summed E-state index contributed by atoms with van der Waals surface area (Å²) in [5.74, 6) is -1.23. The minimum absolute atomic E-state index is 0.00367. The van der Waals surface area contributed by atoms with Crippen LogP contribution < -0.4 is 9.62 Å². The Hall–Kier alpha value is -2.46. The number of hydrogen-bond donors (Lipinski definition) is 1. The van der Waals surface area contributed by atoms with E-state index in [2.05, 4.69) is 21.2 Å². The summed E-state index contributed by atoms with van der Waals surface area (Å²) >= 11 is 3.38. The molecular weight excluding hydrogens is 525 g/mol.